The van der Waals surface area contributed by atoms with Crippen LogP contribution in [0.1, 0.15) is 0 Å². The Morgan fingerprint density at radius 1 is 0.762 bits per heavy atom. The normalized spacial score (nSPS) is 10.3. The summed E-state index contributed by atoms with van der Waals surface area (Å²) < 4.78 is 0. The Bertz CT molecular complexity index is 771. The molecule has 2 aromatic carbocycles. The molecule has 0 spiro atoms. The van der Waals surface area contributed by atoms with Crippen molar-refractivity contribution in [2.75, 3.05) is 0 Å². The molecule has 0 saturated heterocycles. The molecular weight excluding hydrogens is 264 g/mol. The maximum absolute atomic E-state index is 11.2. The molecule has 0 aliphatic carbocycles. The van der Waals surface area contributed by atoms with Crippen LogP contribution in [0.15, 0.2) is 72.8 Å². The first-order valence-electron chi connectivity index (χ1n) is 6.52. The third-order valence-corrected chi connectivity index (χ3v) is 3.19. The van der Waals surface area contributed by atoms with Gasteiger partial charge in [0.1, 0.15) is 5.69 Å². The Balaban J connectivity index is 2.18. The molecule has 3 aromatic rings. The number of hydrogen-bond donors (Lipinski definition) is 0. The topological polar surface area (TPSA) is 56.0 Å². The largest absolute Gasteiger partial charge is 0.295 e. The summed E-state index contributed by atoms with van der Waals surface area (Å²) in [4.78, 5) is 15.3. The summed E-state index contributed by atoms with van der Waals surface area (Å²) in [6.45, 7) is 0. The monoisotopic (exact) mass is 276 g/mol. The minimum Gasteiger partial charge on any atom is -0.258 e. The average molecular weight is 276 g/mol. The first-order valence-corrected chi connectivity index (χ1v) is 6.52. The Kier molecular flexibility index (Phi) is 3.43. The Hall–Kier alpha value is -3.01. The van der Waals surface area contributed by atoms with Crippen molar-refractivity contribution >= 4 is 5.69 Å². The summed E-state index contributed by atoms with van der Waals surface area (Å²) in [5, 5.41) is 11.2. The number of benzene rings is 2. The first-order chi connectivity index (χ1) is 10.3. The standard InChI is InChI=1S/C17H12N2O2/c20-19(21)16-12-11-15(13-7-3-1-4-8-13)18-17(16)14-9-5-2-6-10-14/h1-12H. The van der Waals surface area contributed by atoms with E-state index < -0.39 is 4.92 Å². The van der Waals surface area contributed by atoms with Crippen molar-refractivity contribution in [1.29, 1.82) is 0 Å². The highest BCUT2D eigenvalue weighted by molar-refractivity contribution is 5.73. The third-order valence-electron chi connectivity index (χ3n) is 3.19. The van der Waals surface area contributed by atoms with Gasteiger partial charge >= 0.3 is 0 Å². The molecule has 4 nitrogen and oxygen atoms in total. The van der Waals surface area contributed by atoms with Gasteiger partial charge in [0.15, 0.2) is 0 Å². The van der Waals surface area contributed by atoms with Crippen LogP contribution in [0.5, 0.6) is 0 Å². The van der Waals surface area contributed by atoms with Crippen molar-refractivity contribution in [3.05, 3.63) is 82.9 Å². The van der Waals surface area contributed by atoms with E-state index in [1.165, 1.54) is 6.07 Å². The molecule has 102 valence electrons. The molecule has 0 atom stereocenters. The highest BCUT2D eigenvalue weighted by atomic mass is 16.6. The van der Waals surface area contributed by atoms with Crippen LogP contribution in [0.2, 0.25) is 0 Å². The predicted octanol–water partition coefficient (Wildman–Crippen LogP) is 4.32. The molecule has 0 saturated carbocycles. The maximum Gasteiger partial charge on any atom is 0.295 e. The van der Waals surface area contributed by atoms with Gasteiger partial charge in [0.25, 0.3) is 5.69 Å². The zero-order valence-electron chi connectivity index (χ0n) is 11.1. The van der Waals surface area contributed by atoms with Crippen LogP contribution in [0, 0.1) is 10.1 Å². The van der Waals surface area contributed by atoms with Gasteiger partial charge in [0, 0.05) is 17.2 Å². The van der Waals surface area contributed by atoms with E-state index in [4.69, 9.17) is 0 Å². The first kappa shape index (κ1) is 13.0. The van der Waals surface area contributed by atoms with Gasteiger partial charge in [-0.1, -0.05) is 60.7 Å². The molecule has 0 radical (unpaired) electrons. The smallest absolute Gasteiger partial charge is 0.258 e. The lowest BCUT2D eigenvalue weighted by atomic mass is 10.1. The van der Waals surface area contributed by atoms with E-state index in [2.05, 4.69) is 4.98 Å². The molecule has 1 heterocycles. The van der Waals surface area contributed by atoms with Crippen molar-refractivity contribution in [3.63, 3.8) is 0 Å². The zero-order chi connectivity index (χ0) is 14.7. The number of rotatable bonds is 3. The summed E-state index contributed by atoms with van der Waals surface area (Å²) in [7, 11) is 0. The van der Waals surface area contributed by atoms with Crippen LogP contribution in [-0.4, -0.2) is 9.91 Å². The molecule has 0 fully saturated rings. The highest BCUT2D eigenvalue weighted by Gasteiger charge is 2.17. The summed E-state index contributed by atoms with van der Waals surface area (Å²) in [5.74, 6) is 0. The van der Waals surface area contributed by atoms with Crippen LogP contribution in [0.4, 0.5) is 5.69 Å². The lowest BCUT2D eigenvalue weighted by molar-refractivity contribution is -0.384. The molecule has 0 aliphatic heterocycles. The second-order valence-electron chi connectivity index (χ2n) is 4.55. The van der Waals surface area contributed by atoms with E-state index >= 15 is 0 Å². The van der Waals surface area contributed by atoms with Crippen molar-refractivity contribution in [3.8, 4) is 22.5 Å². The molecule has 21 heavy (non-hydrogen) atoms. The number of nitrogens with zero attached hydrogens (tertiary/aromatic N) is 2. The fraction of sp³-hybridized carbons (Fsp3) is 0. The van der Waals surface area contributed by atoms with E-state index in [1.54, 1.807) is 6.07 Å². The van der Waals surface area contributed by atoms with E-state index in [0.717, 1.165) is 16.8 Å². The van der Waals surface area contributed by atoms with Crippen LogP contribution in [-0.2, 0) is 0 Å². The van der Waals surface area contributed by atoms with E-state index in [-0.39, 0.29) is 5.69 Å². The van der Waals surface area contributed by atoms with E-state index in [1.807, 2.05) is 60.7 Å². The van der Waals surface area contributed by atoms with E-state index in [9.17, 15) is 10.1 Å². The molecule has 0 aliphatic rings. The minimum atomic E-state index is -0.399. The van der Waals surface area contributed by atoms with Crippen molar-refractivity contribution in [2.24, 2.45) is 0 Å². The number of hydrogen-bond acceptors (Lipinski definition) is 3. The lowest BCUT2D eigenvalue weighted by Crippen LogP contribution is -1.96. The molecule has 1 aromatic heterocycles. The highest BCUT2D eigenvalue weighted by Crippen LogP contribution is 2.30. The van der Waals surface area contributed by atoms with Crippen LogP contribution in [0.3, 0.4) is 0 Å². The van der Waals surface area contributed by atoms with Gasteiger partial charge in [0.05, 0.1) is 10.6 Å². The van der Waals surface area contributed by atoms with Crippen molar-refractivity contribution in [1.82, 2.24) is 4.98 Å². The fourth-order valence-electron chi connectivity index (χ4n) is 2.18. The van der Waals surface area contributed by atoms with Gasteiger partial charge in [-0.2, -0.15) is 0 Å². The lowest BCUT2D eigenvalue weighted by Gasteiger charge is -2.06. The summed E-state index contributed by atoms with van der Waals surface area (Å²) in [6, 6.07) is 22.0. The number of aromatic nitrogens is 1. The third kappa shape index (κ3) is 2.65. The van der Waals surface area contributed by atoms with Gasteiger partial charge in [-0.25, -0.2) is 4.98 Å². The summed E-state index contributed by atoms with van der Waals surface area (Å²) in [6.07, 6.45) is 0. The molecule has 3 rings (SSSR count). The van der Waals surface area contributed by atoms with Gasteiger partial charge in [-0.3, -0.25) is 10.1 Å². The molecule has 0 bridgehead atoms. The summed E-state index contributed by atoms with van der Waals surface area (Å²) in [5.41, 5.74) is 2.80. The molecule has 0 N–H and O–H groups in total. The molecule has 0 amide bonds. The van der Waals surface area contributed by atoms with Crippen molar-refractivity contribution < 1.29 is 4.92 Å². The average Bonchev–Trinajstić information content (AvgIpc) is 2.56. The second kappa shape index (κ2) is 5.54. The predicted molar refractivity (Wildman–Crippen MR) is 81.8 cm³/mol. The number of pyridine rings is 1. The summed E-state index contributed by atoms with van der Waals surface area (Å²) >= 11 is 0. The van der Waals surface area contributed by atoms with Gasteiger partial charge in [0.2, 0.25) is 0 Å². The Morgan fingerprint density at radius 2 is 1.33 bits per heavy atom. The fourth-order valence-corrected chi connectivity index (χ4v) is 2.18. The zero-order valence-corrected chi connectivity index (χ0v) is 11.1. The van der Waals surface area contributed by atoms with Crippen LogP contribution < -0.4 is 0 Å². The molecular formula is C17H12N2O2. The van der Waals surface area contributed by atoms with Gasteiger partial charge < -0.3 is 0 Å². The Morgan fingerprint density at radius 3 is 1.90 bits per heavy atom. The molecule has 4 heteroatoms. The minimum absolute atomic E-state index is 0.0147. The van der Waals surface area contributed by atoms with Crippen LogP contribution >= 0.6 is 0 Å². The maximum atomic E-state index is 11.2. The van der Waals surface area contributed by atoms with Crippen molar-refractivity contribution in [2.45, 2.75) is 0 Å². The second-order valence-corrected chi connectivity index (χ2v) is 4.55. The number of nitro groups is 1. The Labute approximate surface area is 121 Å². The SMILES string of the molecule is O=[N+]([O-])c1ccc(-c2ccccc2)nc1-c1ccccc1. The van der Waals surface area contributed by atoms with Gasteiger partial charge in [-0.05, 0) is 6.07 Å². The quantitative estimate of drug-likeness (QED) is 0.528. The molecule has 0 unspecified atom stereocenters. The van der Waals surface area contributed by atoms with Gasteiger partial charge in [-0.15, -0.1) is 0 Å². The van der Waals surface area contributed by atoms with Crippen LogP contribution in [0.25, 0.3) is 22.5 Å². The van der Waals surface area contributed by atoms with E-state index in [0.29, 0.717) is 5.69 Å².